The lowest BCUT2D eigenvalue weighted by Gasteiger charge is -2.20. The van der Waals surface area contributed by atoms with Gasteiger partial charge >= 0.3 is 12.0 Å². The molecule has 7 heteroatoms. The predicted molar refractivity (Wildman–Crippen MR) is 77.9 cm³/mol. The molecule has 7 nitrogen and oxygen atoms in total. The SMILES string of the molecule is CN(CC(N)=O)C(=O)Nc1ccc(C(C)(C)C(=O)O)cc1. The molecule has 0 unspecified atom stereocenters. The van der Waals surface area contributed by atoms with Crippen LogP contribution in [0, 0.1) is 0 Å². The fourth-order valence-electron chi connectivity index (χ4n) is 1.62. The molecule has 0 aliphatic carbocycles. The Labute approximate surface area is 122 Å². The van der Waals surface area contributed by atoms with Crippen LogP contribution < -0.4 is 11.1 Å². The minimum atomic E-state index is -1.01. The number of aliphatic carboxylic acids is 1. The summed E-state index contributed by atoms with van der Waals surface area (Å²) < 4.78 is 0. The number of nitrogens with two attached hydrogens (primary N) is 1. The second kappa shape index (κ2) is 6.25. The van der Waals surface area contributed by atoms with Gasteiger partial charge in [0, 0.05) is 12.7 Å². The van der Waals surface area contributed by atoms with E-state index in [1.807, 2.05) is 0 Å². The van der Waals surface area contributed by atoms with E-state index < -0.39 is 23.3 Å². The van der Waals surface area contributed by atoms with E-state index >= 15 is 0 Å². The molecule has 0 aromatic heterocycles. The largest absolute Gasteiger partial charge is 0.481 e. The van der Waals surface area contributed by atoms with Crippen molar-refractivity contribution in [2.24, 2.45) is 5.73 Å². The van der Waals surface area contributed by atoms with Crippen LogP contribution in [0.3, 0.4) is 0 Å². The van der Waals surface area contributed by atoms with E-state index in [-0.39, 0.29) is 6.54 Å². The van der Waals surface area contributed by atoms with Crippen LogP contribution in [0.15, 0.2) is 24.3 Å². The van der Waals surface area contributed by atoms with Gasteiger partial charge in [0.2, 0.25) is 5.91 Å². The third kappa shape index (κ3) is 4.20. The Morgan fingerprint density at radius 1 is 1.24 bits per heavy atom. The number of nitrogens with zero attached hydrogens (tertiary/aromatic N) is 1. The first-order valence-corrected chi connectivity index (χ1v) is 6.29. The van der Waals surface area contributed by atoms with Crippen LogP contribution in [0.4, 0.5) is 10.5 Å². The lowest BCUT2D eigenvalue weighted by atomic mass is 9.85. The molecular weight excluding hydrogens is 274 g/mol. The summed E-state index contributed by atoms with van der Waals surface area (Å²) in [5.41, 5.74) is 5.12. The molecule has 0 bridgehead atoms. The Morgan fingerprint density at radius 2 is 1.76 bits per heavy atom. The molecule has 1 aromatic carbocycles. The first-order valence-electron chi connectivity index (χ1n) is 6.29. The molecule has 0 heterocycles. The summed E-state index contributed by atoms with van der Waals surface area (Å²) in [7, 11) is 1.45. The van der Waals surface area contributed by atoms with Gasteiger partial charge in [-0.2, -0.15) is 0 Å². The quantitative estimate of drug-likeness (QED) is 0.751. The van der Waals surface area contributed by atoms with Crippen molar-refractivity contribution < 1.29 is 19.5 Å². The molecular formula is C14H19N3O4. The lowest BCUT2D eigenvalue weighted by Crippen LogP contribution is -2.38. The van der Waals surface area contributed by atoms with E-state index in [1.54, 1.807) is 38.1 Å². The minimum absolute atomic E-state index is 0.185. The summed E-state index contributed by atoms with van der Waals surface area (Å²) in [5, 5.41) is 11.7. The Bertz CT molecular complexity index is 552. The molecule has 0 saturated heterocycles. The fraction of sp³-hybridized carbons (Fsp3) is 0.357. The highest BCUT2D eigenvalue weighted by Crippen LogP contribution is 2.24. The predicted octanol–water partition coefficient (Wildman–Crippen LogP) is 0.998. The Balaban J connectivity index is 2.78. The average molecular weight is 293 g/mol. The highest BCUT2D eigenvalue weighted by molar-refractivity contribution is 5.92. The zero-order chi connectivity index (χ0) is 16.2. The molecule has 0 radical (unpaired) electrons. The molecule has 0 spiro atoms. The number of carboxylic acids is 1. The maximum Gasteiger partial charge on any atom is 0.322 e. The van der Waals surface area contributed by atoms with Gasteiger partial charge in [0.25, 0.3) is 0 Å². The molecule has 0 aliphatic rings. The number of carbonyl (C=O) groups is 3. The number of amides is 3. The van der Waals surface area contributed by atoms with Crippen molar-refractivity contribution in [3.63, 3.8) is 0 Å². The maximum absolute atomic E-state index is 11.8. The average Bonchev–Trinajstić information content (AvgIpc) is 2.38. The number of rotatable bonds is 5. The van der Waals surface area contributed by atoms with Gasteiger partial charge in [-0.15, -0.1) is 0 Å². The number of carbonyl (C=O) groups excluding carboxylic acids is 2. The Kier molecular flexibility index (Phi) is 4.91. The first kappa shape index (κ1) is 16.5. The van der Waals surface area contributed by atoms with Crippen LogP contribution >= 0.6 is 0 Å². The van der Waals surface area contributed by atoms with Crippen molar-refractivity contribution >= 4 is 23.6 Å². The van der Waals surface area contributed by atoms with Gasteiger partial charge in [-0.25, -0.2) is 4.79 Å². The van der Waals surface area contributed by atoms with E-state index in [0.29, 0.717) is 11.3 Å². The smallest absolute Gasteiger partial charge is 0.322 e. The summed E-state index contributed by atoms with van der Waals surface area (Å²) in [4.78, 5) is 34.8. The van der Waals surface area contributed by atoms with Crippen LogP contribution in [-0.4, -0.2) is 41.5 Å². The standard InChI is InChI=1S/C14H19N3O4/c1-14(2,12(19)20)9-4-6-10(7-5-9)16-13(21)17(3)8-11(15)18/h4-7H,8H2,1-3H3,(H2,15,18)(H,16,21)(H,19,20). The van der Waals surface area contributed by atoms with Crippen LogP contribution in [0.1, 0.15) is 19.4 Å². The summed E-state index contributed by atoms with van der Waals surface area (Å²) in [6, 6.07) is 6.01. The molecule has 21 heavy (non-hydrogen) atoms. The van der Waals surface area contributed by atoms with Gasteiger partial charge in [0.05, 0.1) is 5.41 Å². The van der Waals surface area contributed by atoms with E-state index in [9.17, 15) is 14.4 Å². The van der Waals surface area contributed by atoms with Crippen LogP contribution in [-0.2, 0) is 15.0 Å². The van der Waals surface area contributed by atoms with Gasteiger partial charge in [-0.1, -0.05) is 12.1 Å². The Hall–Kier alpha value is -2.57. The number of carboxylic acid groups (broad SMARTS) is 1. The van der Waals surface area contributed by atoms with E-state index in [4.69, 9.17) is 10.8 Å². The summed E-state index contributed by atoms with van der Waals surface area (Å²) in [6.45, 7) is 3.02. The minimum Gasteiger partial charge on any atom is -0.481 e. The summed E-state index contributed by atoms with van der Waals surface area (Å²) >= 11 is 0. The second-order valence-corrected chi connectivity index (χ2v) is 5.26. The molecule has 0 fully saturated rings. The fourth-order valence-corrected chi connectivity index (χ4v) is 1.62. The van der Waals surface area contributed by atoms with Crippen LogP contribution in [0.5, 0.6) is 0 Å². The number of nitrogens with one attached hydrogen (secondary N) is 1. The molecule has 1 rings (SSSR count). The van der Waals surface area contributed by atoms with Crippen LogP contribution in [0.25, 0.3) is 0 Å². The van der Waals surface area contributed by atoms with E-state index in [2.05, 4.69) is 5.32 Å². The number of likely N-dealkylation sites (N-methyl/N-ethyl adjacent to an activating group) is 1. The number of anilines is 1. The number of benzene rings is 1. The van der Waals surface area contributed by atoms with E-state index in [1.165, 1.54) is 7.05 Å². The molecule has 114 valence electrons. The molecule has 0 saturated carbocycles. The Morgan fingerprint density at radius 3 is 2.19 bits per heavy atom. The van der Waals surface area contributed by atoms with Crippen molar-refractivity contribution in [1.29, 1.82) is 0 Å². The van der Waals surface area contributed by atoms with Gasteiger partial charge < -0.3 is 21.1 Å². The van der Waals surface area contributed by atoms with Crippen molar-refractivity contribution in [3.8, 4) is 0 Å². The van der Waals surface area contributed by atoms with Crippen molar-refractivity contribution in [2.75, 3.05) is 18.9 Å². The molecule has 0 aliphatic heterocycles. The first-order chi connectivity index (χ1) is 9.64. The van der Waals surface area contributed by atoms with Gasteiger partial charge in [0.15, 0.2) is 0 Å². The monoisotopic (exact) mass is 293 g/mol. The third-order valence-electron chi connectivity index (χ3n) is 3.13. The zero-order valence-electron chi connectivity index (χ0n) is 12.2. The molecule has 4 N–H and O–H groups in total. The highest BCUT2D eigenvalue weighted by atomic mass is 16.4. The maximum atomic E-state index is 11.8. The van der Waals surface area contributed by atoms with Crippen LogP contribution in [0.2, 0.25) is 0 Å². The van der Waals surface area contributed by atoms with Crippen molar-refractivity contribution in [1.82, 2.24) is 4.90 Å². The highest BCUT2D eigenvalue weighted by Gasteiger charge is 2.29. The molecule has 0 atom stereocenters. The van der Waals surface area contributed by atoms with Crippen molar-refractivity contribution in [2.45, 2.75) is 19.3 Å². The number of urea groups is 1. The summed E-state index contributed by atoms with van der Waals surface area (Å²) in [5.74, 6) is -1.54. The number of hydrogen-bond donors (Lipinski definition) is 3. The molecule has 3 amide bonds. The van der Waals surface area contributed by atoms with Gasteiger partial charge in [-0.3, -0.25) is 9.59 Å². The van der Waals surface area contributed by atoms with E-state index in [0.717, 1.165) is 4.90 Å². The normalized spacial score (nSPS) is 10.8. The zero-order valence-corrected chi connectivity index (χ0v) is 12.2. The molecule has 1 aromatic rings. The third-order valence-corrected chi connectivity index (χ3v) is 3.13. The number of hydrogen-bond acceptors (Lipinski definition) is 3. The van der Waals surface area contributed by atoms with Gasteiger partial charge in [0.1, 0.15) is 6.54 Å². The topological polar surface area (TPSA) is 113 Å². The number of primary amides is 1. The van der Waals surface area contributed by atoms with Crippen molar-refractivity contribution in [3.05, 3.63) is 29.8 Å². The van der Waals surface area contributed by atoms with Gasteiger partial charge in [-0.05, 0) is 31.5 Å². The summed E-state index contributed by atoms with van der Waals surface area (Å²) in [6.07, 6.45) is 0. The lowest BCUT2D eigenvalue weighted by molar-refractivity contribution is -0.142. The second-order valence-electron chi connectivity index (χ2n) is 5.26.